The van der Waals surface area contributed by atoms with Crippen molar-refractivity contribution in [3.8, 4) is 17.2 Å². The van der Waals surface area contributed by atoms with Crippen LogP contribution in [-0.2, 0) is 4.79 Å². The monoisotopic (exact) mass is 571 g/mol. The average molecular weight is 572 g/mol. The van der Waals surface area contributed by atoms with Crippen molar-refractivity contribution in [2.24, 2.45) is 0 Å². The number of ketones is 1. The molecule has 200 valence electrons. The molecule has 0 fully saturated rings. The number of methoxy groups -OCH3 is 3. The van der Waals surface area contributed by atoms with E-state index in [1.54, 1.807) is 24.3 Å². The third-order valence-electron chi connectivity index (χ3n) is 6.35. The summed E-state index contributed by atoms with van der Waals surface area (Å²) in [7, 11) is 4.33. The van der Waals surface area contributed by atoms with Crippen LogP contribution in [0.15, 0.2) is 70.3 Å². The second-order valence-electron chi connectivity index (χ2n) is 8.52. The van der Waals surface area contributed by atoms with Gasteiger partial charge in [-0.3, -0.25) is 14.5 Å². The van der Waals surface area contributed by atoms with Gasteiger partial charge in [0.1, 0.15) is 5.82 Å². The number of aliphatic hydroxyl groups excluding tert-OH is 1. The Hall–Kier alpha value is -4.21. The molecule has 1 unspecified atom stereocenters. The molecule has 0 saturated heterocycles. The van der Waals surface area contributed by atoms with Gasteiger partial charge < -0.3 is 23.7 Å². The summed E-state index contributed by atoms with van der Waals surface area (Å²) >= 11 is 12.2. The number of carbonyl (C=O) groups excluding carboxylic acids is 2. The number of hydrogen-bond acceptors (Lipinski definition) is 7. The van der Waals surface area contributed by atoms with Gasteiger partial charge in [0.05, 0.1) is 38.0 Å². The first-order valence-electron chi connectivity index (χ1n) is 11.4. The number of benzene rings is 3. The fraction of sp³-hybridized carbons (Fsp3) is 0.143. The van der Waals surface area contributed by atoms with E-state index < -0.39 is 29.3 Å². The predicted molar refractivity (Wildman–Crippen MR) is 143 cm³/mol. The molecule has 1 amide bonds. The molecule has 1 atom stereocenters. The zero-order valence-corrected chi connectivity index (χ0v) is 22.3. The van der Waals surface area contributed by atoms with Gasteiger partial charge in [0.15, 0.2) is 34.4 Å². The minimum Gasteiger partial charge on any atom is -0.503 e. The first-order valence-corrected chi connectivity index (χ1v) is 12.2. The molecule has 1 aliphatic heterocycles. The number of carbonyl (C=O) groups is 2. The van der Waals surface area contributed by atoms with E-state index in [-0.39, 0.29) is 27.6 Å². The van der Waals surface area contributed by atoms with Crippen molar-refractivity contribution < 1.29 is 37.7 Å². The molecular weight excluding hydrogens is 552 g/mol. The molecule has 0 spiro atoms. The van der Waals surface area contributed by atoms with Crippen molar-refractivity contribution >= 4 is 51.5 Å². The minimum absolute atomic E-state index is 0.151. The Morgan fingerprint density at radius 2 is 1.67 bits per heavy atom. The van der Waals surface area contributed by atoms with Crippen LogP contribution in [0.3, 0.4) is 0 Å². The number of amides is 1. The molecule has 1 aliphatic rings. The van der Waals surface area contributed by atoms with E-state index in [2.05, 4.69) is 0 Å². The number of aliphatic hydroxyl groups is 1. The summed E-state index contributed by atoms with van der Waals surface area (Å²) in [4.78, 5) is 28.5. The van der Waals surface area contributed by atoms with E-state index in [1.807, 2.05) is 0 Å². The number of hydrogen-bond donors (Lipinski definition) is 1. The lowest BCUT2D eigenvalue weighted by Gasteiger charge is -2.27. The molecule has 1 aromatic heterocycles. The second kappa shape index (κ2) is 10.2. The molecule has 1 N–H and O–H groups in total. The summed E-state index contributed by atoms with van der Waals surface area (Å²) in [6, 6.07) is 11.8. The van der Waals surface area contributed by atoms with Gasteiger partial charge in [-0.05, 0) is 48.0 Å². The molecule has 0 bridgehead atoms. The minimum atomic E-state index is -1.16. The molecule has 5 rings (SSSR count). The van der Waals surface area contributed by atoms with E-state index in [0.717, 1.165) is 11.0 Å². The lowest BCUT2D eigenvalue weighted by molar-refractivity contribution is -0.117. The van der Waals surface area contributed by atoms with Gasteiger partial charge in [0, 0.05) is 22.2 Å². The zero-order valence-electron chi connectivity index (χ0n) is 20.8. The van der Waals surface area contributed by atoms with Crippen LogP contribution >= 0.6 is 23.2 Å². The Balaban J connectivity index is 1.70. The van der Waals surface area contributed by atoms with Crippen molar-refractivity contribution in [1.29, 1.82) is 0 Å². The number of fused-ring (bicyclic) bond motifs is 1. The van der Waals surface area contributed by atoms with E-state index in [0.29, 0.717) is 33.2 Å². The topological polar surface area (TPSA) is 98.4 Å². The van der Waals surface area contributed by atoms with Gasteiger partial charge in [-0.1, -0.05) is 29.3 Å². The Kier molecular flexibility index (Phi) is 6.88. The number of nitrogens with zero attached hydrogens (tertiary/aromatic N) is 1. The normalized spacial score (nSPS) is 15.3. The van der Waals surface area contributed by atoms with Crippen LogP contribution in [0.5, 0.6) is 17.2 Å². The molecule has 0 aliphatic carbocycles. The smallest absolute Gasteiger partial charge is 0.294 e. The maximum Gasteiger partial charge on any atom is 0.294 e. The van der Waals surface area contributed by atoms with Gasteiger partial charge >= 0.3 is 0 Å². The lowest BCUT2D eigenvalue weighted by Crippen LogP contribution is -2.31. The van der Waals surface area contributed by atoms with E-state index in [1.165, 1.54) is 45.6 Å². The number of Topliss-reactive ketones (excluding diaryl/α,β-unsaturated/α-hetero) is 1. The van der Waals surface area contributed by atoms with Crippen LogP contribution in [0, 0.1) is 5.82 Å². The van der Waals surface area contributed by atoms with Crippen molar-refractivity contribution in [2.75, 3.05) is 26.2 Å². The van der Waals surface area contributed by atoms with Gasteiger partial charge in [0.2, 0.25) is 5.78 Å². The van der Waals surface area contributed by atoms with Crippen molar-refractivity contribution in [2.45, 2.75) is 6.04 Å². The molecule has 8 nitrogen and oxygen atoms in total. The first-order chi connectivity index (χ1) is 18.7. The highest BCUT2D eigenvalue weighted by molar-refractivity contribution is 6.32. The second-order valence-corrected chi connectivity index (χ2v) is 9.36. The molecule has 2 heterocycles. The summed E-state index contributed by atoms with van der Waals surface area (Å²) < 4.78 is 35.8. The Morgan fingerprint density at radius 3 is 2.33 bits per heavy atom. The number of halogens is 3. The van der Waals surface area contributed by atoms with Crippen molar-refractivity contribution in [1.82, 2.24) is 0 Å². The standard InChI is InChI=1S/C28H20Cl2FNO7/c1-36-19-7-4-13(9-20(19)37-2)24-23(26(34)28(35)32(24)16-5-6-18(31)17(30)12-16)25(33)21-10-14-8-15(29)11-22(38-3)27(14)39-21/h4-12,24,34H,1-3H3. The maximum atomic E-state index is 14.0. The molecule has 0 saturated carbocycles. The zero-order chi connectivity index (χ0) is 28.0. The summed E-state index contributed by atoms with van der Waals surface area (Å²) in [5.41, 5.74) is 0.542. The Labute approximate surface area is 231 Å². The third kappa shape index (κ3) is 4.43. The molecule has 39 heavy (non-hydrogen) atoms. The summed E-state index contributed by atoms with van der Waals surface area (Å²) in [6.07, 6.45) is 0. The van der Waals surface area contributed by atoms with Crippen LogP contribution in [0.1, 0.15) is 22.2 Å². The fourth-order valence-corrected chi connectivity index (χ4v) is 4.95. The lowest BCUT2D eigenvalue weighted by atomic mass is 9.94. The van der Waals surface area contributed by atoms with Crippen LogP contribution in [0.2, 0.25) is 10.0 Å². The summed E-state index contributed by atoms with van der Waals surface area (Å²) in [5.74, 6) is -2.28. The highest BCUT2D eigenvalue weighted by Crippen LogP contribution is 2.45. The van der Waals surface area contributed by atoms with E-state index >= 15 is 0 Å². The van der Waals surface area contributed by atoms with E-state index in [9.17, 15) is 19.1 Å². The molecule has 11 heteroatoms. The Bertz CT molecular complexity index is 1680. The van der Waals surface area contributed by atoms with Gasteiger partial charge in [-0.15, -0.1) is 0 Å². The molecule has 0 radical (unpaired) electrons. The van der Waals surface area contributed by atoms with E-state index in [4.69, 9.17) is 41.8 Å². The van der Waals surface area contributed by atoms with Gasteiger partial charge in [-0.2, -0.15) is 0 Å². The number of furan rings is 1. The SMILES string of the molecule is COc1ccc(C2C(C(=O)c3cc4cc(Cl)cc(OC)c4o3)=C(O)C(=O)N2c2ccc(F)c(Cl)c2)cc1OC. The highest BCUT2D eigenvalue weighted by Gasteiger charge is 2.46. The van der Waals surface area contributed by atoms with Crippen LogP contribution < -0.4 is 19.1 Å². The largest absolute Gasteiger partial charge is 0.503 e. The molecular formula is C28H20Cl2FNO7. The Morgan fingerprint density at radius 1 is 0.949 bits per heavy atom. The summed E-state index contributed by atoms with van der Waals surface area (Å²) in [5, 5.41) is 11.6. The maximum absolute atomic E-state index is 14.0. The van der Waals surface area contributed by atoms with Gasteiger partial charge in [-0.25, -0.2) is 4.39 Å². The molecule has 3 aromatic carbocycles. The average Bonchev–Trinajstić information content (AvgIpc) is 3.47. The summed E-state index contributed by atoms with van der Waals surface area (Å²) in [6.45, 7) is 0. The van der Waals surface area contributed by atoms with Crippen LogP contribution in [0.4, 0.5) is 10.1 Å². The number of ether oxygens (including phenoxy) is 3. The molecule has 4 aromatic rings. The first kappa shape index (κ1) is 26.4. The van der Waals surface area contributed by atoms with Crippen molar-refractivity contribution in [3.05, 3.63) is 93.1 Å². The third-order valence-corrected chi connectivity index (χ3v) is 6.86. The van der Waals surface area contributed by atoms with Crippen LogP contribution in [-0.4, -0.2) is 38.1 Å². The van der Waals surface area contributed by atoms with Crippen LogP contribution in [0.25, 0.3) is 11.0 Å². The number of anilines is 1. The fourth-order valence-electron chi connectivity index (χ4n) is 4.56. The predicted octanol–water partition coefficient (Wildman–Crippen LogP) is 6.69. The number of rotatable bonds is 7. The van der Waals surface area contributed by atoms with Gasteiger partial charge in [0.25, 0.3) is 5.91 Å². The van der Waals surface area contributed by atoms with Crippen molar-refractivity contribution in [3.63, 3.8) is 0 Å². The highest BCUT2D eigenvalue weighted by atomic mass is 35.5. The quantitative estimate of drug-likeness (QED) is 0.247.